The molecule has 2 aromatic heterocycles. The maximum Gasteiger partial charge on any atom is 0.416 e. The standard InChI is InChI=1S/C12H7ClF3N5/c13-11-19-9(8-5-17-21-10(8)20-11)18-7-3-1-6(2-4-7)12(14,15)16/h1-5H,(H2,17,18,19,20,21). The molecule has 3 aromatic rings. The SMILES string of the molecule is FC(F)(F)c1ccc(Nc2nc(Cl)nc3[nH]ncc23)cc1. The van der Waals surface area contributed by atoms with Crippen molar-refractivity contribution in [2.75, 3.05) is 5.32 Å². The number of hydrogen-bond acceptors (Lipinski definition) is 4. The van der Waals surface area contributed by atoms with Crippen LogP contribution >= 0.6 is 11.6 Å². The fourth-order valence-corrected chi connectivity index (χ4v) is 1.95. The van der Waals surface area contributed by atoms with Gasteiger partial charge in [-0.05, 0) is 35.9 Å². The third-order valence-electron chi connectivity index (χ3n) is 2.76. The fourth-order valence-electron chi connectivity index (χ4n) is 1.78. The van der Waals surface area contributed by atoms with Crippen molar-refractivity contribution in [2.24, 2.45) is 0 Å². The lowest BCUT2D eigenvalue weighted by Crippen LogP contribution is -2.04. The minimum absolute atomic E-state index is 0.00108. The molecule has 3 rings (SSSR count). The van der Waals surface area contributed by atoms with Gasteiger partial charge in [0.15, 0.2) is 5.65 Å². The van der Waals surface area contributed by atoms with Crippen molar-refractivity contribution in [3.8, 4) is 0 Å². The van der Waals surface area contributed by atoms with Crippen LogP contribution in [0.1, 0.15) is 5.56 Å². The van der Waals surface area contributed by atoms with E-state index in [1.54, 1.807) is 0 Å². The van der Waals surface area contributed by atoms with Crippen LogP contribution in [0, 0.1) is 0 Å². The number of rotatable bonds is 2. The van der Waals surface area contributed by atoms with Crippen molar-refractivity contribution >= 4 is 34.1 Å². The van der Waals surface area contributed by atoms with Gasteiger partial charge in [-0.3, -0.25) is 5.10 Å². The van der Waals surface area contributed by atoms with E-state index in [-0.39, 0.29) is 5.28 Å². The van der Waals surface area contributed by atoms with E-state index in [1.165, 1.54) is 18.3 Å². The van der Waals surface area contributed by atoms with Crippen molar-refractivity contribution < 1.29 is 13.2 Å². The molecular formula is C12H7ClF3N5. The molecule has 0 atom stereocenters. The van der Waals surface area contributed by atoms with Crippen LogP contribution in [0.4, 0.5) is 24.7 Å². The van der Waals surface area contributed by atoms with Crippen LogP contribution in [0.3, 0.4) is 0 Å². The number of H-pyrrole nitrogens is 1. The van der Waals surface area contributed by atoms with Gasteiger partial charge in [0.25, 0.3) is 0 Å². The Morgan fingerprint density at radius 3 is 2.48 bits per heavy atom. The van der Waals surface area contributed by atoms with E-state index in [2.05, 4.69) is 25.5 Å². The van der Waals surface area contributed by atoms with Gasteiger partial charge in [-0.15, -0.1) is 0 Å². The van der Waals surface area contributed by atoms with Gasteiger partial charge in [0.1, 0.15) is 5.82 Å². The van der Waals surface area contributed by atoms with Crippen molar-refractivity contribution in [2.45, 2.75) is 6.18 Å². The normalized spacial score (nSPS) is 11.8. The summed E-state index contributed by atoms with van der Waals surface area (Å²) in [5, 5.41) is 9.93. The first-order valence-corrected chi connectivity index (χ1v) is 6.12. The van der Waals surface area contributed by atoms with Crippen molar-refractivity contribution in [3.05, 3.63) is 41.3 Å². The smallest absolute Gasteiger partial charge is 0.339 e. The van der Waals surface area contributed by atoms with Crippen LogP contribution in [-0.4, -0.2) is 20.2 Å². The molecule has 2 N–H and O–H groups in total. The second kappa shape index (κ2) is 4.88. The molecule has 0 saturated heterocycles. The summed E-state index contributed by atoms with van der Waals surface area (Å²) in [6.07, 6.45) is -2.87. The number of anilines is 2. The second-order valence-corrected chi connectivity index (χ2v) is 4.51. The Morgan fingerprint density at radius 2 is 1.81 bits per heavy atom. The summed E-state index contributed by atoms with van der Waals surface area (Å²) in [6, 6.07) is 4.59. The number of alkyl halides is 3. The molecule has 0 bridgehead atoms. The lowest BCUT2D eigenvalue weighted by atomic mass is 10.2. The topological polar surface area (TPSA) is 66.5 Å². The molecule has 5 nitrogen and oxygen atoms in total. The summed E-state index contributed by atoms with van der Waals surface area (Å²) in [5.74, 6) is 0.360. The Bertz CT molecular complexity index is 782. The van der Waals surface area contributed by atoms with Gasteiger partial charge in [-0.2, -0.15) is 28.2 Å². The second-order valence-electron chi connectivity index (χ2n) is 4.17. The highest BCUT2D eigenvalue weighted by Crippen LogP contribution is 2.31. The molecule has 0 aliphatic rings. The average molecular weight is 314 g/mol. The molecule has 0 unspecified atom stereocenters. The van der Waals surface area contributed by atoms with Gasteiger partial charge >= 0.3 is 6.18 Å². The predicted molar refractivity (Wildman–Crippen MR) is 71.4 cm³/mol. The number of nitrogens with one attached hydrogen (secondary N) is 2. The molecule has 0 saturated carbocycles. The Labute approximate surface area is 121 Å². The molecular weight excluding hydrogens is 307 g/mol. The molecule has 21 heavy (non-hydrogen) atoms. The van der Waals surface area contributed by atoms with E-state index in [4.69, 9.17) is 11.6 Å². The fraction of sp³-hybridized carbons (Fsp3) is 0.0833. The maximum absolute atomic E-state index is 12.5. The lowest BCUT2D eigenvalue weighted by Gasteiger charge is -2.09. The molecule has 0 spiro atoms. The van der Waals surface area contributed by atoms with E-state index < -0.39 is 11.7 Å². The molecule has 108 valence electrons. The van der Waals surface area contributed by atoms with E-state index in [1.807, 2.05) is 0 Å². The minimum atomic E-state index is -4.37. The van der Waals surface area contributed by atoms with Gasteiger partial charge in [0.2, 0.25) is 5.28 Å². The molecule has 0 radical (unpaired) electrons. The monoisotopic (exact) mass is 313 g/mol. The van der Waals surface area contributed by atoms with Crippen LogP contribution < -0.4 is 5.32 Å². The van der Waals surface area contributed by atoms with E-state index in [0.29, 0.717) is 22.5 Å². The Balaban J connectivity index is 1.93. The first-order valence-electron chi connectivity index (χ1n) is 5.74. The minimum Gasteiger partial charge on any atom is -0.339 e. The largest absolute Gasteiger partial charge is 0.416 e. The summed E-state index contributed by atoms with van der Waals surface area (Å²) in [6.45, 7) is 0. The summed E-state index contributed by atoms with van der Waals surface area (Å²) in [5.41, 5.74) is 0.159. The molecule has 0 amide bonds. The molecule has 0 aliphatic heterocycles. The zero-order chi connectivity index (χ0) is 15.0. The summed E-state index contributed by atoms with van der Waals surface area (Å²) in [7, 11) is 0. The van der Waals surface area contributed by atoms with Gasteiger partial charge in [0, 0.05) is 5.69 Å². The Hall–Kier alpha value is -2.35. The van der Waals surface area contributed by atoms with Gasteiger partial charge < -0.3 is 5.32 Å². The van der Waals surface area contributed by atoms with Crippen LogP contribution in [0.25, 0.3) is 11.0 Å². The van der Waals surface area contributed by atoms with Crippen LogP contribution in [0.15, 0.2) is 30.5 Å². The number of benzene rings is 1. The van der Waals surface area contributed by atoms with Gasteiger partial charge in [0.05, 0.1) is 17.1 Å². The van der Waals surface area contributed by atoms with Gasteiger partial charge in [-0.25, -0.2) is 0 Å². The molecule has 1 aromatic carbocycles. The van der Waals surface area contributed by atoms with Gasteiger partial charge in [-0.1, -0.05) is 0 Å². The Morgan fingerprint density at radius 1 is 1.10 bits per heavy atom. The number of fused-ring (bicyclic) bond motifs is 1. The highest BCUT2D eigenvalue weighted by molar-refractivity contribution is 6.28. The Kier molecular flexibility index (Phi) is 3.17. The van der Waals surface area contributed by atoms with Crippen molar-refractivity contribution in [3.63, 3.8) is 0 Å². The highest BCUT2D eigenvalue weighted by atomic mass is 35.5. The number of halogens is 4. The quantitative estimate of drug-likeness (QED) is 0.707. The summed E-state index contributed by atoms with van der Waals surface area (Å²) >= 11 is 5.77. The number of aromatic amines is 1. The van der Waals surface area contributed by atoms with Crippen LogP contribution in [-0.2, 0) is 6.18 Å². The maximum atomic E-state index is 12.5. The number of hydrogen-bond donors (Lipinski definition) is 2. The van der Waals surface area contributed by atoms with Crippen molar-refractivity contribution in [1.82, 2.24) is 20.2 Å². The van der Waals surface area contributed by atoms with Crippen molar-refractivity contribution in [1.29, 1.82) is 0 Å². The average Bonchev–Trinajstić information content (AvgIpc) is 2.86. The van der Waals surface area contributed by atoms with E-state index >= 15 is 0 Å². The van der Waals surface area contributed by atoms with E-state index in [9.17, 15) is 13.2 Å². The first-order chi connectivity index (χ1) is 9.93. The third-order valence-corrected chi connectivity index (χ3v) is 2.93. The number of aromatic nitrogens is 4. The lowest BCUT2D eigenvalue weighted by molar-refractivity contribution is -0.137. The zero-order valence-electron chi connectivity index (χ0n) is 10.2. The zero-order valence-corrected chi connectivity index (χ0v) is 11.0. The predicted octanol–water partition coefficient (Wildman–Crippen LogP) is 3.77. The highest BCUT2D eigenvalue weighted by Gasteiger charge is 2.29. The summed E-state index contributed by atoms with van der Waals surface area (Å²) < 4.78 is 37.5. The first kappa shape index (κ1) is 13.6. The summed E-state index contributed by atoms with van der Waals surface area (Å²) in [4.78, 5) is 7.93. The third kappa shape index (κ3) is 2.75. The molecule has 9 heteroatoms. The molecule has 0 fully saturated rings. The van der Waals surface area contributed by atoms with Crippen LogP contribution in [0.2, 0.25) is 5.28 Å². The van der Waals surface area contributed by atoms with Crippen LogP contribution in [0.5, 0.6) is 0 Å². The molecule has 0 aliphatic carbocycles. The number of nitrogens with zero attached hydrogens (tertiary/aromatic N) is 3. The molecule has 2 heterocycles. The van der Waals surface area contributed by atoms with E-state index in [0.717, 1.165) is 12.1 Å².